The lowest BCUT2D eigenvalue weighted by Gasteiger charge is -2.50. The van der Waals surface area contributed by atoms with Crippen LogP contribution in [-0.2, 0) is 0 Å². The monoisotopic (exact) mass is 373 g/mol. The number of halogens is 1. The standard InChI is InChI=1S/C18H16ClN3O4/c1-10-3-4-11(19)7-15(10)21-17(23)20-14-9-18(21,2)26-16-6-5-12(22(24)25)8-13(14)16/h3-8,14H,9H2,1-2H3,(H,20,23)/t14-,18+/m0/s1. The number of carbonyl (C=O) groups is 1. The van der Waals surface area contributed by atoms with E-state index in [1.807, 2.05) is 19.9 Å². The highest BCUT2D eigenvalue weighted by Gasteiger charge is 2.50. The van der Waals surface area contributed by atoms with Gasteiger partial charge in [0.15, 0.2) is 5.72 Å². The minimum absolute atomic E-state index is 0.0293. The number of nitrogens with one attached hydrogen (secondary N) is 1. The highest BCUT2D eigenvalue weighted by molar-refractivity contribution is 6.31. The minimum Gasteiger partial charge on any atom is -0.467 e. The van der Waals surface area contributed by atoms with Crippen molar-refractivity contribution >= 4 is 29.0 Å². The van der Waals surface area contributed by atoms with Gasteiger partial charge in [0, 0.05) is 29.1 Å². The molecule has 26 heavy (non-hydrogen) atoms. The van der Waals surface area contributed by atoms with Crippen LogP contribution >= 0.6 is 11.6 Å². The first-order valence-electron chi connectivity index (χ1n) is 8.13. The van der Waals surface area contributed by atoms with Crippen LogP contribution in [0.25, 0.3) is 0 Å². The molecule has 1 fully saturated rings. The van der Waals surface area contributed by atoms with E-state index in [4.69, 9.17) is 16.3 Å². The van der Waals surface area contributed by atoms with Crippen molar-refractivity contribution in [2.45, 2.75) is 32.0 Å². The van der Waals surface area contributed by atoms with Gasteiger partial charge in [-0.3, -0.25) is 15.0 Å². The summed E-state index contributed by atoms with van der Waals surface area (Å²) in [5.41, 5.74) is 1.22. The van der Waals surface area contributed by atoms with Crippen LogP contribution in [0, 0.1) is 17.0 Å². The van der Waals surface area contributed by atoms with Crippen molar-refractivity contribution in [1.29, 1.82) is 0 Å². The van der Waals surface area contributed by atoms with E-state index in [1.165, 1.54) is 12.1 Å². The summed E-state index contributed by atoms with van der Waals surface area (Å²) in [5.74, 6) is 0.527. The molecule has 2 aromatic carbocycles. The Hall–Kier alpha value is -2.80. The molecule has 134 valence electrons. The van der Waals surface area contributed by atoms with Gasteiger partial charge in [0.2, 0.25) is 0 Å². The number of nitro groups is 1. The molecule has 0 aliphatic carbocycles. The molecule has 0 spiro atoms. The third kappa shape index (κ3) is 2.47. The maximum atomic E-state index is 12.9. The van der Waals surface area contributed by atoms with Gasteiger partial charge < -0.3 is 10.1 Å². The molecule has 7 nitrogen and oxygen atoms in total. The molecule has 2 heterocycles. The number of fused-ring (bicyclic) bond motifs is 4. The molecule has 2 aliphatic rings. The van der Waals surface area contributed by atoms with Crippen molar-refractivity contribution in [2.24, 2.45) is 0 Å². The minimum atomic E-state index is -0.925. The summed E-state index contributed by atoms with van der Waals surface area (Å²) in [5, 5.41) is 14.5. The number of aryl methyl sites for hydroxylation is 1. The zero-order valence-corrected chi connectivity index (χ0v) is 14.9. The van der Waals surface area contributed by atoms with Crippen LogP contribution in [0.5, 0.6) is 5.75 Å². The summed E-state index contributed by atoms with van der Waals surface area (Å²) in [7, 11) is 0. The van der Waals surface area contributed by atoms with Gasteiger partial charge in [0.05, 0.1) is 16.7 Å². The molecular formula is C18H16ClN3O4. The summed E-state index contributed by atoms with van der Waals surface area (Å²) in [6.07, 6.45) is 0.457. The molecule has 0 radical (unpaired) electrons. The number of nitro benzene ring substituents is 1. The zero-order chi connectivity index (χ0) is 18.6. The summed E-state index contributed by atoms with van der Waals surface area (Å²) < 4.78 is 6.16. The smallest absolute Gasteiger partial charge is 0.325 e. The second-order valence-electron chi connectivity index (χ2n) is 6.73. The predicted molar refractivity (Wildman–Crippen MR) is 96.7 cm³/mol. The van der Waals surface area contributed by atoms with Crippen LogP contribution in [0.3, 0.4) is 0 Å². The van der Waals surface area contributed by atoms with Gasteiger partial charge in [-0.25, -0.2) is 4.79 Å². The van der Waals surface area contributed by atoms with E-state index in [-0.39, 0.29) is 17.8 Å². The third-order valence-corrected chi connectivity index (χ3v) is 5.11. The fraction of sp³-hybridized carbons (Fsp3) is 0.278. The number of anilines is 1. The van der Waals surface area contributed by atoms with Gasteiger partial charge in [0.25, 0.3) is 5.69 Å². The fourth-order valence-electron chi connectivity index (χ4n) is 3.66. The van der Waals surface area contributed by atoms with Crippen LogP contribution < -0.4 is 15.0 Å². The second-order valence-corrected chi connectivity index (χ2v) is 7.17. The normalized spacial score (nSPS) is 23.7. The number of hydrogen-bond acceptors (Lipinski definition) is 4. The van der Waals surface area contributed by atoms with E-state index in [1.54, 1.807) is 23.1 Å². The molecule has 8 heteroatoms. The molecule has 4 rings (SSSR count). The number of ether oxygens (including phenoxy) is 1. The largest absolute Gasteiger partial charge is 0.467 e. The van der Waals surface area contributed by atoms with E-state index in [9.17, 15) is 14.9 Å². The number of hydrogen-bond donors (Lipinski definition) is 1. The number of nitrogens with zero attached hydrogens (tertiary/aromatic N) is 2. The zero-order valence-electron chi connectivity index (χ0n) is 14.2. The molecule has 0 saturated carbocycles. The Balaban J connectivity index is 1.81. The molecule has 0 unspecified atom stereocenters. The van der Waals surface area contributed by atoms with Crippen LogP contribution in [0.4, 0.5) is 16.2 Å². The van der Waals surface area contributed by atoms with Crippen molar-refractivity contribution in [2.75, 3.05) is 4.90 Å². The van der Waals surface area contributed by atoms with Crippen molar-refractivity contribution in [1.82, 2.24) is 5.32 Å². The first-order valence-corrected chi connectivity index (χ1v) is 8.50. The van der Waals surface area contributed by atoms with Gasteiger partial charge in [-0.2, -0.15) is 0 Å². The Bertz CT molecular complexity index is 948. The lowest BCUT2D eigenvalue weighted by molar-refractivity contribution is -0.385. The third-order valence-electron chi connectivity index (χ3n) is 4.88. The SMILES string of the molecule is Cc1ccc(Cl)cc1N1C(=O)N[C@H]2C[C@@]1(C)Oc1ccc([N+](=O)[O-])cc12. The Labute approximate surface area is 154 Å². The molecule has 2 amide bonds. The number of non-ortho nitro benzene ring substituents is 1. The topological polar surface area (TPSA) is 84.7 Å². The summed E-state index contributed by atoms with van der Waals surface area (Å²) in [6, 6.07) is 9.11. The molecule has 2 aromatic rings. The van der Waals surface area contributed by atoms with Crippen LogP contribution in [-0.4, -0.2) is 16.7 Å². The number of amides is 2. The number of rotatable bonds is 2. The average Bonchev–Trinajstić information content (AvgIpc) is 2.56. The number of carbonyl (C=O) groups excluding carboxylic acids is 1. The molecule has 1 N–H and O–H groups in total. The summed E-state index contributed by atoms with van der Waals surface area (Å²) >= 11 is 6.13. The van der Waals surface area contributed by atoms with Crippen molar-refractivity contribution in [3.8, 4) is 5.75 Å². The first kappa shape index (κ1) is 16.7. The Morgan fingerprint density at radius 1 is 1.35 bits per heavy atom. The van der Waals surface area contributed by atoms with Crippen LogP contribution in [0.1, 0.15) is 30.5 Å². The molecule has 1 saturated heterocycles. The van der Waals surface area contributed by atoms with Gasteiger partial charge in [-0.05, 0) is 37.6 Å². The van der Waals surface area contributed by atoms with Crippen LogP contribution in [0.2, 0.25) is 5.02 Å². The van der Waals surface area contributed by atoms with Gasteiger partial charge >= 0.3 is 6.03 Å². The lowest BCUT2D eigenvalue weighted by Crippen LogP contribution is -2.65. The van der Waals surface area contributed by atoms with E-state index >= 15 is 0 Å². The summed E-state index contributed by atoms with van der Waals surface area (Å²) in [6.45, 7) is 3.73. The van der Waals surface area contributed by atoms with E-state index in [0.717, 1.165) is 5.56 Å². The maximum absolute atomic E-state index is 12.9. The molecular weight excluding hydrogens is 358 g/mol. The van der Waals surface area contributed by atoms with Gasteiger partial charge in [0.1, 0.15) is 5.75 Å². The highest BCUT2D eigenvalue weighted by Crippen LogP contribution is 2.47. The quantitative estimate of drug-likeness (QED) is 0.627. The molecule has 0 aromatic heterocycles. The van der Waals surface area contributed by atoms with Crippen molar-refractivity contribution in [3.63, 3.8) is 0 Å². The second kappa shape index (κ2) is 5.60. The van der Waals surface area contributed by atoms with E-state index < -0.39 is 10.6 Å². The Morgan fingerprint density at radius 3 is 2.85 bits per heavy atom. The van der Waals surface area contributed by atoms with E-state index in [0.29, 0.717) is 28.4 Å². The number of benzene rings is 2. The number of urea groups is 1. The predicted octanol–water partition coefficient (Wildman–Crippen LogP) is 4.33. The Kier molecular flexibility index (Phi) is 3.59. The summed E-state index contributed by atoms with van der Waals surface area (Å²) in [4.78, 5) is 25.0. The lowest BCUT2D eigenvalue weighted by atomic mass is 9.89. The van der Waals surface area contributed by atoms with Gasteiger partial charge in [-0.15, -0.1) is 0 Å². The molecule has 2 atom stereocenters. The van der Waals surface area contributed by atoms with Crippen LogP contribution in [0.15, 0.2) is 36.4 Å². The Morgan fingerprint density at radius 2 is 2.12 bits per heavy atom. The first-order chi connectivity index (χ1) is 12.3. The van der Waals surface area contributed by atoms with Crippen molar-refractivity contribution < 1.29 is 14.5 Å². The average molecular weight is 374 g/mol. The van der Waals surface area contributed by atoms with Crippen molar-refractivity contribution in [3.05, 3.63) is 62.7 Å². The molecule has 2 bridgehead atoms. The van der Waals surface area contributed by atoms with Gasteiger partial charge in [-0.1, -0.05) is 17.7 Å². The fourth-order valence-corrected chi connectivity index (χ4v) is 3.83. The maximum Gasteiger partial charge on any atom is 0.325 e. The molecule has 2 aliphatic heterocycles. The highest BCUT2D eigenvalue weighted by atomic mass is 35.5. The van der Waals surface area contributed by atoms with E-state index in [2.05, 4.69) is 5.32 Å².